The molecule has 3 nitrogen and oxygen atoms in total. The number of hydrogen-bond acceptors (Lipinski definition) is 2. The molecule has 3 aromatic rings. The van der Waals surface area contributed by atoms with Gasteiger partial charge in [0, 0.05) is 4.47 Å². The van der Waals surface area contributed by atoms with Crippen LogP contribution in [0.5, 0.6) is 0 Å². The first kappa shape index (κ1) is 8.85. The van der Waals surface area contributed by atoms with Gasteiger partial charge in [0.15, 0.2) is 5.65 Å². The molecular weight excluding hydrogens is 254 g/mol. The summed E-state index contributed by atoms with van der Waals surface area (Å²) in [5.41, 5.74) is 2.00. The van der Waals surface area contributed by atoms with Gasteiger partial charge in [0.25, 0.3) is 0 Å². The van der Waals surface area contributed by atoms with Gasteiger partial charge < -0.3 is 0 Å². The lowest BCUT2D eigenvalue weighted by atomic mass is 10.2. The van der Waals surface area contributed by atoms with Gasteiger partial charge >= 0.3 is 0 Å². The normalized spacial score (nSPS) is 11.3. The lowest BCUT2D eigenvalue weighted by molar-refractivity contribution is 1.02. The SMILES string of the molecule is Cc1nnc2ccc3cccc(Br)c3n12. The zero-order valence-corrected chi connectivity index (χ0v) is 9.69. The molecule has 0 spiro atoms. The Morgan fingerprint density at radius 1 is 1.13 bits per heavy atom. The van der Waals surface area contributed by atoms with Gasteiger partial charge in [0.2, 0.25) is 0 Å². The summed E-state index contributed by atoms with van der Waals surface area (Å²) in [4.78, 5) is 0. The van der Waals surface area contributed by atoms with Crippen LogP contribution in [-0.2, 0) is 0 Å². The average Bonchev–Trinajstić information content (AvgIpc) is 2.61. The molecule has 0 unspecified atom stereocenters. The maximum Gasteiger partial charge on any atom is 0.161 e. The van der Waals surface area contributed by atoms with Crippen LogP contribution in [0, 0.1) is 6.92 Å². The van der Waals surface area contributed by atoms with Crippen LogP contribution in [-0.4, -0.2) is 14.6 Å². The molecule has 0 amide bonds. The molecule has 0 aliphatic rings. The van der Waals surface area contributed by atoms with Crippen molar-refractivity contribution in [1.82, 2.24) is 14.6 Å². The highest BCUT2D eigenvalue weighted by Crippen LogP contribution is 2.25. The maximum absolute atomic E-state index is 4.10. The van der Waals surface area contributed by atoms with Crippen LogP contribution in [0.1, 0.15) is 5.82 Å². The molecule has 4 heteroatoms. The third-order valence-electron chi connectivity index (χ3n) is 2.50. The predicted molar refractivity (Wildman–Crippen MR) is 62.9 cm³/mol. The number of fused-ring (bicyclic) bond motifs is 3. The van der Waals surface area contributed by atoms with Crippen molar-refractivity contribution >= 4 is 32.5 Å². The molecule has 0 N–H and O–H groups in total. The molecule has 2 aromatic heterocycles. The fourth-order valence-corrected chi connectivity index (χ4v) is 2.39. The van der Waals surface area contributed by atoms with E-state index < -0.39 is 0 Å². The van der Waals surface area contributed by atoms with E-state index in [0.29, 0.717) is 0 Å². The van der Waals surface area contributed by atoms with E-state index in [9.17, 15) is 0 Å². The van der Waals surface area contributed by atoms with Gasteiger partial charge in [0.1, 0.15) is 5.82 Å². The van der Waals surface area contributed by atoms with Gasteiger partial charge in [0.05, 0.1) is 5.52 Å². The number of aromatic nitrogens is 3. The number of rotatable bonds is 0. The second kappa shape index (κ2) is 3.03. The highest BCUT2D eigenvalue weighted by Gasteiger charge is 2.07. The standard InChI is InChI=1S/C11H8BrN3/c1-7-13-14-10-6-5-8-3-2-4-9(12)11(8)15(7)10/h2-6H,1H3. The molecule has 15 heavy (non-hydrogen) atoms. The van der Waals surface area contributed by atoms with Crippen LogP contribution >= 0.6 is 15.9 Å². The van der Waals surface area contributed by atoms with Crippen LogP contribution in [0.25, 0.3) is 16.6 Å². The van der Waals surface area contributed by atoms with Crippen LogP contribution < -0.4 is 0 Å². The highest BCUT2D eigenvalue weighted by molar-refractivity contribution is 9.10. The van der Waals surface area contributed by atoms with E-state index in [1.165, 1.54) is 5.39 Å². The summed E-state index contributed by atoms with van der Waals surface area (Å²) in [6, 6.07) is 10.2. The van der Waals surface area contributed by atoms with Gasteiger partial charge in [-0.3, -0.25) is 4.40 Å². The molecule has 3 rings (SSSR count). The lowest BCUT2D eigenvalue weighted by Gasteiger charge is -2.04. The van der Waals surface area contributed by atoms with Crippen molar-refractivity contribution in [2.75, 3.05) is 0 Å². The van der Waals surface area contributed by atoms with Gasteiger partial charge in [-0.05, 0) is 46.4 Å². The Morgan fingerprint density at radius 2 is 2.00 bits per heavy atom. The Kier molecular flexibility index (Phi) is 1.79. The van der Waals surface area contributed by atoms with Gasteiger partial charge in [-0.25, -0.2) is 0 Å². The Bertz CT molecular complexity index is 657. The summed E-state index contributed by atoms with van der Waals surface area (Å²) in [5, 5.41) is 9.36. The van der Waals surface area contributed by atoms with Crippen molar-refractivity contribution in [3.8, 4) is 0 Å². The average molecular weight is 262 g/mol. The molecule has 1 aromatic carbocycles. The second-order valence-corrected chi connectivity index (χ2v) is 4.31. The first-order valence-corrected chi connectivity index (χ1v) is 5.45. The number of halogens is 1. The van der Waals surface area contributed by atoms with Crippen molar-refractivity contribution in [2.24, 2.45) is 0 Å². The summed E-state index contributed by atoms with van der Waals surface area (Å²) in [6.45, 7) is 1.96. The third kappa shape index (κ3) is 1.18. The number of nitrogens with zero attached hydrogens (tertiary/aromatic N) is 3. The monoisotopic (exact) mass is 261 g/mol. The van der Waals surface area contributed by atoms with Crippen LogP contribution in [0.3, 0.4) is 0 Å². The number of benzene rings is 1. The predicted octanol–water partition coefficient (Wildman–Crippen LogP) is 2.95. The minimum absolute atomic E-state index is 0.881. The molecule has 2 heterocycles. The van der Waals surface area contributed by atoms with Gasteiger partial charge in [-0.15, -0.1) is 10.2 Å². The molecule has 0 bridgehead atoms. The highest BCUT2D eigenvalue weighted by atomic mass is 79.9. The molecule has 0 aliphatic heterocycles. The van der Waals surface area contributed by atoms with Gasteiger partial charge in [-0.2, -0.15) is 0 Å². The van der Waals surface area contributed by atoms with E-state index in [4.69, 9.17) is 0 Å². The second-order valence-electron chi connectivity index (χ2n) is 3.45. The molecule has 0 atom stereocenters. The quantitative estimate of drug-likeness (QED) is 0.623. The van der Waals surface area contributed by atoms with Crippen LogP contribution in [0.15, 0.2) is 34.8 Å². The summed E-state index contributed by atoms with van der Waals surface area (Å²) >= 11 is 3.56. The van der Waals surface area contributed by atoms with E-state index in [0.717, 1.165) is 21.5 Å². The van der Waals surface area contributed by atoms with Crippen LogP contribution in [0.4, 0.5) is 0 Å². The minimum Gasteiger partial charge on any atom is -0.278 e. The van der Waals surface area contributed by atoms with Crippen molar-refractivity contribution in [1.29, 1.82) is 0 Å². The van der Waals surface area contributed by atoms with E-state index >= 15 is 0 Å². The number of aryl methyl sites for hydroxylation is 1. The lowest BCUT2D eigenvalue weighted by Crippen LogP contribution is -1.91. The molecule has 0 radical (unpaired) electrons. The van der Waals surface area contributed by atoms with E-state index in [1.54, 1.807) is 0 Å². The van der Waals surface area contributed by atoms with Crippen LogP contribution in [0.2, 0.25) is 0 Å². The maximum atomic E-state index is 4.10. The third-order valence-corrected chi connectivity index (χ3v) is 3.14. The summed E-state index contributed by atoms with van der Waals surface area (Å²) < 4.78 is 3.12. The number of para-hydroxylation sites is 1. The summed E-state index contributed by atoms with van der Waals surface area (Å²) in [7, 11) is 0. The first-order valence-electron chi connectivity index (χ1n) is 4.66. The summed E-state index contributed by atoms with van der Waals surface area (Å²) in [5.74, 6) is 0.905. The zero-order chi connectivity index (χ0) is 10.4. The molecular formula is C11H8BrN3. The van der Waals surface area contributed by atoms with Crippen molar-refractivity contribution in [3.63, 3.8) is 0 Å². The Hall–Kier alpha value is -1.42. The number of pyridine rings is 1. The topological polar surface area (TPSA) is 30.2 Å². The van der Waals surface area contributed by atoms with E-state index in [2.05, 4.69) is 42.7 Å². The Balaban J connectivity index is 2.68. The Morgan fingerprint density at radius 3 is 2.87 bits per heavy atom. The molecule has 0 aliphatic carbocycles. The molecule has 0 fully saturated rings. The number of hydrogen-bond donors (Lipinski definition) is 0. The fraction of sp³-hybridized carbons (Fsp3) is 0.0909. The van der Waals surface area contributed by atoms with Gasteiger partial charge in [-0.1, -0.05) is 12.1 Å². The first-order chi connectivity index (χ1) is 7.27. The van der Waals surface area contributed by atoms with E-state index in [-0.39, 0.29) is 0 Å². The largest absolute Gasteiger partial charge is 0.278 e. The zero-order valence-electron chi connectivity index (χ0n) is 8.11. The van der Waals surface area contributed by atoms with Crippen molar-refractivity contribution in [2.45, 2.75) is 6.92 Å². The molecule has 74 valence electrons. The molecule has 0 saturated heterocycles. The van der Waals surface area contributed by atoms with Crippen molar-refractivity contribution in [3.05, 3.63) is 40.6 Å². The van der Waals surface area contributed by atoms with E-state index in [1.807, 2.05) is 25.1 Å². The smallest absolute Gasteiger partial charge is 0.161 e. The summed E-state index contributed by atoms with van der Waals surface area (Å²) in [6.07, 6.45) is 0. The Labute approximate surface area is 94.9 Å². The molecule has 0 saturated carbocycles. The fourth-order valence-electron chi connectivity index (χ4n) is 1.83. The van der Waals surface area contributed by atoms with Crippen molar-refractivity contribution < 1.29 is 0 Å². The minimum atomic E-state index is 0.881.